The zero-order valence-corrected chi connectivity index (χ0v) is 14.3. The van der Waals surface area contributed by atoms with E-state index in [4.69, 9.17) is 39.5 Å². The molecule has 7 heteroatoms. The van der Waals surface area contributed by atoms with E-state index in [1.165, 1.54) is 7.11 Å². The van der Waals surface area contributed by atoms with Crippen LogP contribution in [0.2, 0.25) is 10.0 Å². The summed E-state index contributed by atoms with van der Waals surface area (Å²) in [5, 5.41) is 3.87. The summed E-state index contributed by atoms with van der Waals surface area (Å²) in [6.45, 7) is 0.171. The second-order valence-corrected chi connectivity index (χ2v) is 5.60. The smallest absolute Gasteiger partial charge is 0.274 e. The monoisotopic (exact) mass is 371 g/mol. The molecule has 0 amide bonds. The van der Waals surface area contributed by atoms with Gasteiger partial charge in [-0.1, -0.05) is 52.6 Å². The van der Waals surface area contributed by atoms with Crippen LogP contribution in [-0.2, 0) is 16.2 Å². The highest BCUT2D eigenvalue weighted by Gasteiger charge is 2.17. The van der Waals surface area contributed by atoms with Gasteiger partial charge >= 0.3 is 0 Å². The van der Waals surface area contributed by atoms with Gasteiger partial charge in [0.25, 0.3) is 5.24 Å². The number of hydrogen-bond donors (Lipinski definition) is 0. The molecule has 0 saturated heterocycles. The molecule has 2 aromatic carbocycles. The number of oxime groups is 1. The maximum atomic E-state index is 11.5. The molecule has 2 rings (SSSR count). The van der Waals surface area contributed by atoms with E-state index in [1.807, 2.05) is 6.07 Å². The predicted molar refractivity (Wildman–Crippen MR) is 91.6 cm³/mol. The minimum absolute atomic E-state index is 0.00979. The first-order valence-corrected chi connectivity index (χ1v) is 7.63. The molecule has 0 heterocycles. The molecule has 0 aliphatic heterocycles. The number of carbonyl (C=O) groups is 1. The largest absolute Gasteiger partial charge is 0.487 e. The van der Waals surface area contributed by atoms with Crippen LogP contribution in [0.25, 0.3) is 0 Å². The third-order valence-electron chi connectivity index (χ3n) is 2.92. The molecule has 0 saturated carbocycles. The fourth-order valence-corrected chi connectivity index (χ4v) is 2.51. The van der Waals surface area contributed by atoms with Crippen molar-refractivity contribution < 1.29 is 14.4 Å². The Balaban J connectivity index is 2.27. The summed E-state index contributed by atoms with van der Waals surface area (Å²) >= 11 is 17.5. The van der Waals surface area contributed by atoms with E-state index in [9.17, 15) is 4.79 Å². The Morgan fingerprint density at radius 3 is 2.57 bits per heavy atom. The van der Waals surface area contributed by atoms with E-state index in [2.05, 4.69) is 9.99 Å². The number of rotatable bonds is 6. The molecule has 0 fully saturated rings. The Labute approximate surface area is 148 Å². The van der Waals surface area contributed by atoms with Gasteiger partial charge < -0.3 is 9.57 Å². The highest BCUT2D eigenvalue weighted by atomic mass is 35.5. The van der Waals surface area contributed by atoms with Gasteiger partial charge in [-0.25, -0.2) is 0 Å². The molecule has 23 heavy (non-hydrogen) atoms. The molecule has 0 atom stereocenters. The van der Waals surface area contributed by atoms with Crippen molar-refractivity contribution in [3.8, 4) is 5.75 Å². The standard InChI is InChI=1S/C16H12Cl3NO3/c1-22-20-15(16(19)21)12-5-3-2-4-10(12)9-23-14-7-6-11(17)8-13(14)18/h2-8H,9H2,1H3/b20-15+. The molecule has 0 N–H and O–H groups in total. The van der Waals surface area contributed by atoms with Crippen molar-refractivity contribution in [2.45, 2.75) is 6.61 Å². The molecule has 0 spiro atoms. The number of halogens is 3. The maximum Gasteiger partial charge on any atom is 0.274 e. The van der Waals surface area contributed by atoms with Crippen molar-refractivity contribution in [1.29, 1.82) is 0 Å². The van der Waals surface area contributed by atoms with Crippen molar-refractivity contribution in [2.24, 2.45) is 5.16 Å². The van der Waals surface area contributed by atoms with E-state index < -0.39 is 5.24 Å². The summed E-state index contributed by atoms with van der Waals surface area (Å²) < 4.78 is 5.69. The van der Waals surface area contributed by atoms with Gasteiger partial charge in [0.1, 0.15) is 19.5 Å². The molecule has 0 aliphatic rings. The topological polar surface area (TPSA) is 47.9 Å². The summed E-state index contributed by atoms with van der Waals surface area (Å²) in [4.78, 5) is 16.2. The zero-order chi connectivity index (χ0) is 16.8. The van der Waals surface area contributed by atoms with Gasteiger partial charge in [-0.2, -0.15) is 0 Å². The lowest BCUT2D eigenvalue weighted by molar-refractivity contribution is -0.106. The summed E-state index contributed by atoms with van der Waals surface area (Å²) in [5.74, 6) is 0.480. The number of nitrogens with zero attached hydrogens (tertiary/aromatic N) is 1. The van der Waals surface area contributed by atoms with Gasteiger partial charge in [0, 0.05) is 10.6 Å². The molecule has 120 valence electrons. The van der Waals surface area contributed by atoms with E-state index in [-0.39, 0.29) is 12.3 Å². The van der Waals surface area contributed by atoms with Gasteiger partial charge in [-0.3, -0.25) is 4.79 Å². The molecule has 0 aliphatic carbocycles. The lowest BCUT2D eigenvalue weighted by atomic mass is 10.0. The Hall–Kier alpha value is -1.75. The van der Waals surface area contributed by atoms with Gasteiger partial charge in [-0.05, 0) is 35.4 Å². The third-order valence-corrected chi connectivity index (χ3v) is 3.63. The molecular formula is C16H12Cl3NO3. The maximum absolute atomic E-state index is 11.5. The third kappa shape index (κ3) is 4.61. The van der Waals surface area contributed by atoms with Crippen LogP contribution in [-0.4, -0.2) is 18.1 Å². The molecule has 4 nitrogen and oxygen atoms in total. The normalized spacial score (nSPS) is 11.2. The second-order valence-electron chi connectivity index (χ2n) is 4.42. The van der Waals surface area contributed by atoms with Crippen molar-refractivity contribution in [1.82, 2.24) is 0 Å². The highest BCUT2D eigenvalue weighted by Crippen LogP contribution is 2.28. The van der Waals surface area contributed by atoms with Crippen LogP contribution in [0.3, 0.4) is 0 Å². The summed E-state index contributed by atoms with van der Waals surface area (Å²) in [5.41, 5.74) is 1.25. The van der Waals surface area contributed by atoms with Crippen LogP contribution in [0.1, 0.15) is 11.1 Å². The average molecular weight is 373 g/mol. The second kappa shape index (κ2) is 8.20. The van der Waals surface area contributed by atoms with E-state index in [0.29, 0.717) is 26.9 Å². The molecule has 0 unspecified atom stereocenters. The van der Waals surface area contributed by atoms with Crippen molar-refractivity contribution in [3.63, 3.8) is 0 Å². The Bertz CT molecular complexity index is 747. The number of carbonyl (C=O) groups excluding carboxylic acids is 1. The Morgan fingerprint density at radius 1 is 1.17 bits per heavy atom. The number of hydrogen-bond acceptors (Lipinski definition) is 4. The SMILES string of the molecule is CO/N=C(/C(=O)Cl)c1ccccc1COc1ccc(Cl)cc1Cl. The molecular weight excluding hydrogens is 361 g/mol. The van der Waals surface area contributed by atoms with Crippen molar-refractivity contribution >= 4 is 45.8 Å². The van der Waals surface area contributed by atoms with Gasteiger partial charge in [-0.15, -0.1) is 0 Å². The predicted octanol–water partition coefficient (Wildman–Crippen LogP) is 4.69. The first kappa shape index (κ1) is 17.6. The van der Waals surface area contributed by atoms with Crippen LogP contribution >= 0.6 is 34.8 Å². The summed E-state index contributed by atoms with van der Waals surface area (Å²) in [7, 11) is 1.34. The van der Waals surface area contributed by atoms with Gasteiger partial charge in [0.15, 0.2) is 5.71 Å². The fraction of sp³-hybridized carbons (Fsp3) is 0.125. The van der Waals surface area contributed by atoms with Gasteiger partial charge in [0.05, 0.1) is 5.02 Å². The lowest BCUT2D eigenvalue weighted by Gasteiger charge is -2.12. The van der Waals surface area contributed by atoms with Crippen LogP contribution < -0.4 is 4.74 Å². The number of benzene rings is 2. The van der Waals surface area contributed by atoms with E-state index >= 15 is 0 Å². The van der Waals surface area contributed by atoms with Crippen LogP contribution in [0.15, 0.2) is 47.6 Å². The summed E-state index contributed by atoms with van der Waals surface area (Å²) in [6, 6.07) is 12.0. The highest BCUT2D eigenvalue weighted by molar-refractivity contribution is 6.84. The van der Waals surface area contributed by atoms with E-state index in [1.54, 1.807) is 36.4 Å². The zero-order valence-electron chi connectivity index (χ0n) is 12.1. The summed E-state index contributed by atoms with van der Waals surface area (Å²) in [6.07, 6.45) is 0. The minimum atomic E-state index is -0.719. The first-order valence-electron chi connectivity index (χ1n) is 6.50. The van der Waals surface area contributed by atoms with Crippen LogP contribution in [0.4, 0.5) is 0 Å². The van der Waals surface area contributed by atoms with Gasteiger partial charge in [0.2, 0.25) is 0 Å². The fourth-order valence-electron chi connectivity index (χ4n) is 1.91. The van der Waals surface area contributed by atoms with Crippen molar-refractivity contribution in [3.05, 3.63) is 63.6 Å². The Morgan fingerprint density at radius 2 is 1.91 bits per heavy atom. The molecule has 0 radical (unpaired) electrons. The Kier molecular flexibility index (Phi) is 6.28. The van der Waals surface area contributed by atoms with Crippen LogP contribution in [0.5, 0.6) is 5.75 Å². The van der Waals surface area contributed by atoms with Crippen molar-refractivity contribution in [2.75, 3.05) is 7.11 Å². The van der Waals surface area contributed by atoms with E-state index in [0.717, 1.165) is 0 Å². The lowest BCUT2D eigenvalue weighted by Crippen LogP contribution is -2.14. The average Bonchev–Trinajstić information content (AvgIpc) is 2.52. The quantitative estimate of drug-likeness (QED) is 0.420. The minimum Gasteiger partial charge on any atom is -0.487 e. The number of ether oxygens (including phenoxy) is 1. The molecule has 0 aromatic heterocycles. The molecule has 2 aromatic rings. The molecule has 0 bridgehead atoms. The van der Waals surface area contributed by atoms with Crippen LogP contribution in [0, 0.1) is 0 Å². The first-order chi connectivity index (χ1) is 11.0.